The van der Waals surface area contributed by atoms with Gasteiger partial charge in [0.2, 0.25) is 0 Å². The summed E-state index contributed by atoms with van der Waals surface area (Å²) in [5.41, 5.74) is 9.61. The Morgan fingerprint density at radius 1 is 1.56 bits per heavy atom. The number of hydrogen-bond donors (Lipinski definition) is 2. The summed E-state index contributed by atoms with van der Waals surface area (Å²) in [4.78, 5) is 10.3. The van der Waals surface area contributed by atoms with Crippen molar-refractivity contribution in [2.75, 3.05) is 11.9 Å². The Bertz CT molecular complexity index is 540. The largest absolute Gasteiger partial charge is 0.409 e. The van der Waals surface area contributed by atoms with E-state index in [0.29, 0.717) is 12.2 Å². The number of aromatic nitrogens is 2. The summed E-state index contributed by atoms with van der Waals surface area (Å²) >= 11 is 1.55. The van der Waals surface area contributed by atoms with Crippen LogP contribution in [0.3, 0.4) is 0 Å². The molecule has 2 rings (SSSR count). The predicted molar refractivity (Wildman–Crippen MR) is 71.0 cm³/mol. The number of hydrogen-bond acceptors (Lipinski definition) is 6. The van der Waals surface area contributed by atoms with E-state index >= 15 is 0 Å². The lowest BCUT2D eigenvalue weighted by Crippen LogP contribution is -2.23. The van der Waals surface area contributed by atoms with Gasteiger partial charge in [-0.05, 0) is 12.1 Å². The lowest BCUT2D eigenvalue weighted by atomic mass is 10.2. The minimum atomic E-state index is -0.00396. The minimum Gasteiger partial charge on any atom is -0.409 e. The summed E-state index contributed by atoms with van der Waals surface area (Å²) in [5.74, 6) is -0.00396. The molecule has 0 aliphatic heterocycles. The van der Waals surface area contributed by atoms with Crippen LogP contribution < -0.4 is 10.6 Å². The molecule has 0 saturated heterocycles. The molecule has 18 heavy (non-hydrogen) atoms. The zero-order valence-electron chi connectivity index (χ0n) is 9.82. The number of thiazole rings is 1. The first-order chi connectivity index (χ1) is 8.72. The van der Waals surface area contributed by atoms with Crippen molar-refractivity contribution in [1.29, 1.82) is 0 Å². The second-order valence-electron chi connectivity index (χ2n) is 3.69. The summed E-state index contributed by atoms with van der Waals surface area (Å²) in [7, 11) is 1.91. The van der Waals surface area contributed by atoms with E-state index in [1.165, 1.54) is 0 Å². The van der Waals surface area contributed by atoms with Crippen LogP contribution in [-0.4, -0.2) is 28.1 Å². The van der Waals surface area contributed by atoms with Crippen molar-refractivity contribution >= 4 is 22.9 Å². The zero-order valence-corrected chi connectivity index (χ0v) is 10.6. The van der Waals surface area contributed by atoms with Crippen LogP contribution in [0.4, 0.5) is 5.69 Å². The molecular formula is C11H13N5OS. The molecule has 2 aromatic heterocycles. The lowest BCUT2D eigenvalue weighted by molar-refractivity contribution is 0.318. The predicted octanol–water partition coefficient (Wildman–Crippen LogP) is 1.27. The average Bonchev–Trinajstić information content (AvgIpc) is 2.90. The van der Waals surface area contributed by atoms with Crippen molar-refractivity contribution in [3.8, 4) is 0 Å². The molecule has 0 unspecified atom stereocenters. The van der Waals surface area contributed by atoms with Crippen LogP contribution in [0.25, 0.3) is 0 Å². The SMILES string of the molecule is CN(Cc1cscn1)c1cccnc1/C(N)=N/O. The van der Waals surface area contributed by atoms with Crippen molar-refractivity contribution in [1.82, 2.24) is 9.97 Å². The Labute approximate surface area is 108 Å². The van der Waals surface area contributed by atoms with Gasteiger partial charge in [0.15, 0.2) is 5.84 Å². The Hall–Kier alpha value is -2.15. The third-order valence-electron chi connectivity index (χ3n) is 2.43. The smallest absolute Gasteiger partial charge is 0.190 e. The van der Waals surface area contributed by atoms with Gasteiger partial charge in [0.05, 0.1) is 23.4 Å². The van der Waals surface area contributed by atoms with Gasteiger partial charge in [0.1, 0.15) is 5.69 Å². The molecule has 0 aliphatic rings. The molecule has 7 heteroatoms. The van der Waals surface area contributed by atoms with Gasteiger partial charge in [-0.1, -0.05) is 5.16 Å². The maximum absolute atomic E-state index is 8.74. The number of nitrogens with two attached hydrogens (primary N) is 1. The second kappa shape index (κ2) is 5.46. The molecule has 2 heterocycles. The minimum absolute atomic E-state index is 0.00396. The van der Waals surface area contributed by atoms with Crippen LogP contribution >= 0.6 is 11.3 Å². The Balaban J connectivity index is 2.27. The maximum Gasteiger partial charge on any atom is 0.190 e. The fourth-order valence-electron chi connectivity index (χ4n) is 1.59. The standard InChI is InChI=1S/C11H13N5OS/c1-16(5-8-6-18-7-14-8)9-3-2-4-13-10(9)11(12)15-17/h2-4,6-7,17H,5H2,1H3,(H2,12,15). The second-order valence-corrected chi connectivity index (χ2v) is 4.41. The average molecular weight is 263 g/mol. The number of anilines is 1. The normalized spacial score (nSPS) is 11.5. The van der Waals surface area contributed by atoms with Gasteiger partial charge in [-0.2, -0.15) is 0 Å². The van der Waals surface area contributed by atoms with E-state index in [4.69, 9.17) is 10.9 Å². The van der Waals surface area contributed by atoms with E-state index in [9.17, 15) is 0 Å². The molecule has 0 aliphatic carbocycles. The third-order valence-corrected chi connectivity index (χ3v) is 3.07. The monoisotopic (exact) mass is 263 g/mol. The molecule has 2 aromatic rings. The summed E-state index contributed by atoms with van der Waals surface area (Å²) in [6.45, 7) is 0.640. The van der Waals surface area contributed by atoms with E-state index in [2.05, 4.69) is 15.1 Å². The van der Waals surface area contributed by atoms with Gasteiger partial charge in [-0.15, -0.1) is 11.3 Å². The molecule has 6 nitrogen and oxygen atoms in total. The Morgan fingerprint density at radius 3 is 3.06 bits per heavy atom. The van der Waals surface area contributed by atoms with Crippen molar-refractivity contribution < 1.29 is 5.21 Å². The fraction of sp³-hybridized carbons (Fsp3) is 0.182. The molecule has 0 amide bonds. The number of pyridine rings is 1. The summed E-state index contributed by atoms with van der Waals surface area (Å²) < 4.78 is 0. The van der Waals surface area contributed by atoms with E-state index < -0.39 is 0 Å². The number of nitrogens with zero attached hydrogens (tertiary/aromatic N) is 4. The maximum atomic E-state index is 8.74. The molecule has 0 saturated carbocycles. The first-order valence-corrected chi connectivity index (χ1v) is 6.17. The lowest BCUT2D eigenvalue weighted by Gasteiger charge is -2.20. The van der Waals surface area contributed by atoms with Crippen LogP contribution in [0, 0.1) is 0 Å². The van der Waals surface area contributed by atoms with Gasteiger partial charge in [0, 0.05) is 18.6 Å². The molecule has 0 spiro atoms. The zero-order chi connectivity index (χ0) is 13.0. The van der Waals surface area contributed by atoms with Crippen molar-refractivity contribution in [2.45, 2.75) is 6.54 Å². The van der Waals surface area contributed by atoms with Gasteiger partial charge >= 0.3 is 0 Å². The van der Waals surface area contributed by atoms with E-state index in [1.54, 1.807) is 29.1 Å². The van der Waals surface area contributed by atoms with Crippen molar-refractivity contribution in [3.05, 3.63) is 40.6 Å². The van der Waals surface area contributed by atoms with Crippen molar-refractivity contribution in [3.63, 3.8) is 0 Å². The fourth-order valence-corrected chi connectivity index (χ4v) is 2.14. The first-order valence-electron chi connectivity index (χ1n) is 5.23. The molecule has 0 atom stereocenters. The molecule has 94 valence electrons. The quantitative estimate of drug-likeness (QED) is 0.375. The first kappa shape index (κ1) is 12.3. The Kier molecular flexibility index (Phi) is 3.73. The molecule has 0 bridgehead atoms. The van der Waals surface area contributed by atoms with E-state index in [1.807, 2.05) is 23.4 Å². The van der Waals surface area contributed by atoms with E-state index in [-0.39, 0.29) is 5.84 Å². The highest BCUT2D eigenvalue weighted by Crippen LogP contribution is 2.18. The number of amidine groups is 1. The molecular weight excluding hydrogens is 250 g/mol. The van der Waals surface area contributed by atoms with Crippen LogP contribution in [0.2, 0.25) is 0 Å². The molecule has 0 radical (unpaired) electrons. The van der Waals surface area contributed by atoms with E-state index in [0.717, 1.165) is 11.4 Å². The van der Waals surface area contributed by atoms with Gasteiger partial charge < -0.3 is 15.8 Å². The van der Waals surface area contributed by atoms with Gasteiger partial charge in [-0.3, -0.25) is 4.98 Å². The highest BCUT2D eigenvalue weighted by Gasteiger charge is 2.12. The van der Waals surface area contributed by atoms with Crippen LogP contribution in [0.5, 0.6) is 0 Å². The topological polar surface area (TPSA) is 87.6 Å². The number of oxime groups is 1. The highest BCUT2D eigenvalue weighted by atomic mass is 32.1. The van der Waals surface area contributed by atoms with Gasteiger partial charge in [-0.25, -0.2) is 4.98 Å². The van der Waals surface area contributed by atoms with Crippen LogP contribution in [0.15, 0.2) is 34.4 Å². The summed E-state index contributed by atoms with van der Waals surface area (Å²) in [6, 6.07) is 3.67. The van der Waals surface area contributed by atoms with Crippen LogP contribution in [0.1, 0.15) is 11.4 Å². The summed E-state index contributed by atoms with van der Waals surface area (Å²) in [5, 5.41) is 13.7. The van der Waals surface area contributed by atoms with Gasteiger partial charge in [0.25, 0.3) is 0 Å². The summed E-state index contributed by atoms with van der Waals surface area (Å²) in [6.07, 6.45) is 1.60. The molecule has 0 aromatic carbocycles. The molecule has 0 fully saturated rings. The van der Waals surface area contributed by atoms with Crippen LogP contribution in [-0.2, 0) is 6.54 Å². The van der Waals surface area contributed by atoms with Crippen molar-refractivity contribution in [2.24, 2.45) is 10.9 Å². The Morgan fingerprint density at radius 2 is 2.39 bits per heavy atom. The number of rotatable bonds is 4. The highest BCUT2D eigenvalue weighted by molar-refractivity contribution is 7.07. The third kappa shape index (κ3) is 2.57. The molecule has 3 N–H and O–H groups in total.